The highest BCUT2D eigenvalue weighted by molar-refractivity contribution is 7.80. The Balaban J connectivity index is 0.000000399. The zero-order valence-electron chi connectivity index (χ0n) is 11.6. The third-order valence-electron chi connectivity index (χ3n) is 3.44. The summed E-state index contributed by atoms with van der Waals surface area (Å²) in [5.74, 6) is 0. The molecule has 0 radical (unpaired) electrons. The van der Waals surface area contributed by atoms with Gasteiger partial charge in [0, 0.05) is 4.90 Å². The molecule has 0 saturated heterocycles. The number of halogens is 3. The summed E-state index contributed by atoms with van der Waals surface area (Å²) < 4.78 is 37.6. The lowest BCUT2D eigenvalue weighted by Gasteiger charge is -2.14. The minimum absolute atomic E-state index is 0.0568. The number of hydrogen-bond acceptors (Lipinski definition) is 1. The summed E-state index contributed by atoms with van der Waals surface area (Å²) in [5, 5.41) is 0. The quantitative estimate of drug-likeness (QED) is 0.649. The Morgan fingerprint density at radius 1 is 1.11 bits per heavy atom. The van der Waals surface area contributed by atoms with Crippen LogP contribution in [0.2, 0.25) is 0 Å². The van der Waals surface area contributed by atoms with E-state index in [1.54, 1.807) is 6.07 Å². The van der Waals surface area contributed by atoms with E-state index in [9.17, 15) is 13.2 Å². The molecule has 4 heteroatoms. The Morgan fingerprint density at radius 2 is 1.63 bits per heavy atom. The smallest absolute Gasteiger partial charge is 0.166 e. The average Bonchev–Trinajstić information content (AvgIpc) is 3.07. The van der Waals surface area contributed by atoms with Crippen LogP contribution in [0.25, 0.3) is 0 Å². The fourth-order valence-electron chi connectivity index (χ4n) is 1.60. The van der Waals surface area contributed by atoms with Gasteiger partial charge in [0.25, 0.3) is 0 Å². The van der Waals surface area contributed by atoms with E-state index in [0.29, 0.717) is 4.90 Å². The molecule has 1 aromatic rings. The molecule has 1 saturated carbocycles. The molecule has 1 aliphatic rings. The van der Waals surface area contributed by atoms with E-state index in [1.807, 2.05) is 6.92 Å². The Bertz CT molecular complexity index is 394. The van der Waals surface area contributed by atoms with Gasteiger partial charge in [0.1, 0.15) is 0 Å². The average molecular weight is 290 g/mol. The van der Waals surface area contributed by atoms with Crippen molar-refractivity contribution in [3.8, 4) is 0 Å². The van der Waals surface area contributed by atoms with Crippen LogP contribution in [0, 0.1) is 0 Å². The van der Waals surface area contributed by atoms with Crippen molar-refractivity contribution in [1.29, 1.82) is 0 Å². The van der Waals surface area contributed by atoms with Gasteiger partial charge in [0.15, 0.2) is 0 Å². The van der Waals surface area contributed by atoms with Crippen molar-refractivity contribution in [2.75, 3.05) is 0 Å². The third-order valence-corrected chi connectivity index (χ3v) is 3.70. The van der Waals surface area contributed by atoms with Crippen LogP contribution in [0.3, 0.4) is 0 Å². The van der Waals surface area contributed by atoms with E-state index in [2.05, 4.69) is 26.5 Å². The van der Waals surface area contributed by atoms with Crippen LogP contribution in [-0.4, -0.2) is 0 Å². The van der Waals surface area contributed by atoms with E-state index in [0.717, 1.165) is 24.5 Å². The Labute approximate surface area is 118 Å². The molecule has 0 unspecified atom stereocenters. The molecule has 0 bridgehead atoms. The predicted molar refractivity (Wildman–Crippen MR) is 75.9 cm³/mol. The molecule has 1 fully saturated rings. The second kappa shape index (κ2) is 6.21. The minimum atomic E-state index is -4.28. The summed E-state index contributed by atoms with van der Waals surface area (Å²) in [5.41, 5.74) is 0.0964. The molecule has 1 aliphatic carbocycles. The maximum Gasteiger partial charge on any atom is 0.416 e. The molecular weight excluding hydrogens is 269 g/mol. The first-order chi connectivity index (χ1) is 8.73. The second-order valence-corrected chi connectivity index (χ2v) is 5.84. The van der Waals surface area contributed by atoms with Gasteiger partial charge < -0.3 is 0 Å². The Kier molecular flexibility index (Phi) is 5.36. The molecule has 0 aliphatic heterocycles. The van der Waals surface area contributed by atoms with Crippen molar-refractivity contribution in [3.63, 3.8) is 0 Å². The van der Waals surface area contributed by atoms with Gasteiger partial charge in [-0.2, -0.15) is 13.2 Å². The van der Waals surface area contributed by atoms with Gasteiger partial charge >= 0.3 is 6.18 Å². The van der Waals surface area contributed by atoms with Crippen LogP contribution in [-0.2, 0) is 11.6 Å². The molecule has 0 nitrogen and oxygen atoms in total. The number of alkyl halides is 3. The van der Waals surface area contributed by atoms with Gasteiger partial charge in [-0.1, -0.05) is 33.6 Å². The van der Waals surface area contributed by atoms with E-state index in [-0.39, 0.29) is 5.41 Å². The number of rotatable bonds is 2. The molecule has 1 aromatic carbocycles. The van der Waals surface area contributed by atoms with Crippen LogP contribution in [0.15, 0.2) is 23.1 Å². The molecule has 0 aromatic heterocycles. The molecule has 0 atom stereocenters. The topological polar surface area (TPSA) is 0 Å². The first-order valence-electron chi connectivity index (χ1n) is 6.64. The lowest BCUT2D eigenvalue weighted by atomic mass is 9.96. The monoisotopic (exact) mass is 290 g/mol. The summed E-state index contributed by atoms with van der Waals surface area (Å²) in [7, 11) is 0. The standard InChI is InChI=1S/C11H11F3S.C4H10/c1-10(2-3-10)7-4-8(11(12,13)14)6-9(15)5-7;1-3-4-2/h4-6,15H,2-3H2,1H3;3-4H2,1-2H3. The van der Waals surface area contributed by atoms with Gasteiger partial charge in [-0.3, -0.25) is 0 Å². The van der Waals surface area contributed by atoms with Crippen molar-refractivity contribution >= 4 is 12.6 Å². The summed E-state index contributed by atoms with van der Waals surface area (Å²) in [6.45, 7) is 6.34. The van der Waals surface area contributed by atoms with Gasteiger partial charge in [-0.25, -0.2) is 0 Å². The van der Waals surface area contributed by atoms with Crippen LogP contribution in [0.4, 0.5) is 13.2 Å². The molecular formula is C15H21F3S. The number of thiol groups is 1. The first kappa shape index (κ1) is 16.4. The van der Waals surface area contributed by atoms with Crippen molar-refractivity contribution < 1.29 is 13.2 Å². The van der Waals surface area contributed by atoms with Gasteiger partial charge in [0.05, 0.1) is 5.56 Å². The van der Waals surface area contributed by atoms with Crippen LogP contribution in [0.1, 0.15) is 57.6 Å². The molecule has 19 heavy (non-hydrogen) atoms. The SMILES string of the molecule is CC1(c2cc(S)cc(C(F)(F)F)c2)CC1.CCCC. The summed E-state index contributed by atoms with van der Waals surface area (Å²) >= 11 is 4.02. The lowest BCUT2D eigenvalue weighted by Crippen LogP contribution is -2.08. The van der Waals surface area contributed by atoms with Gasteiger partial charge in [-0.15, -0.1) is 12.6 Å². The van der Waals surface area contributed by atoms with Crippen LogP contribution >= 0.6 is 12.6 Å². The first-order valence-corrected chi connectivity index (χ1v) is 7.09. The normalized spacial score (nSPS) is 16.6. The molecule has 0 N–H and O–H groups in total. The largest absolute Gasteiger partial charge is 0.416 e. The second-order valence-electron chi connectivity index (χ2n) is 5.33. The number of hydrogen-bond donors (Lipinski definition) is 1. The number of benzene rings is 1. The fraction of sp³-hybridized carbons (Fsp3) is 0.600. The van der Waals surface area contributed by atoms with Gasteiger partial charge in [-0.05, 0) is 42.0 Å². The summed E-state index contributed by atoms with van der Waals surface area (Å²) in [4.78, 5) is 0.382. The van der Waals surface area contributed by atoms with Crippen molar-refractivity contribution in [1.82, 2.24) is 0 Å². The van der Waals surface area contributed by atoms with Gasteiger partial charge in [0.2, 0.25) is 0 Å². The molecule has 0 spiro atoms. The summed E-state index contributed by atoms with van der Waals surface area (Å²) in [6.07, 6.45) is 0.280. The maximum atomic E-state index is 12.5. The maximum absolute atomic E-state index is 12.5. The predicted octanol–water partition coefficient (Wildman–Crippen LogP) is 5.85. The Hall–Kier alpha value is -0.640. The van der Waals surface area contributed by atoms with Crippen molar-refractivity contribution in [2.45, 2.75) is 62.9 Å². The molecule has 2 rings (SSSR count). The van der Waals surface area contributed by atoms with Crippen molar-refractivity contribution in [3.05, 3.63) is 29.3 Å². The zero-order chi connectivity index (χ0) is 14.7. The molecule has 108 valence electrons. The van der Waals surface area contributed by atoms with E-state index in [1.165, 1.54) is 18.9 Å². The highest BCUT2D eigenvalue weighted by Crippen LogP contribution is 2.49. The lowest BCUT2D eigenvalue weighted by molar-refractivity contribution is -0.137. The highest BCUT2D eigenvalue weighted by Gasteiger charge is 2.41. The Morgan fingerprint density at radius 3 is 2.00 bits per heavy atom. The molecule has 0 amide bonds. The third kappa shape index (κ3) is 4.75. The summed E-state index contributed by atoms with van der Waals surface area (Å²) in [6, 6.07) is 4.04. The van der Waals surface area contributed by atoms with Crippen LogP contribution < -0.4 is 0 Å². The fourth-order valence-corrected chi connectivity index (χ4v) is 1.88. The number of unbranched alkanes of at least 4 members (excludes halogenated alkanes) is 1. The van der Waals surface area contributed by atoms with E-state index < -0.39 is 11.7 Å². The zero-order valence-corrected chi connectivity index (χ0v) is 12.5. The minimum Gasteiger partial charge on any atom is -0.166 e. The van der Waals surface area contributed by atoms with Crippen LogP contribution in [0.5, 0.6) is 0 Å². The van der Waals surface area contributed by atoms with E-state index in [4.69, 9.17) is 0 Å². The van der Waals surface area contributed by atoms with Crippen molar-refractivity contribution in [2.24, 2.45) is 0 Å². The highest BCUT2D eigenvalue weighted by atomic mass is 32.1. The van der Waals surface area contributed by atoms with E-state index >= 15 is 0 Å². The molecule has 0 heterocycles.